The van der Waals surface area contributed by atoms with Crippen molar-refractivity contribution < 1.29 is 4.39 Å². The molecule has 128 valence electrons. The normalized spacial score (nSPS) is 11.8. The van der Waals surface area contributed by atoms with E-state index in [0.717, 1.165) is 16.9 Å². The monoisotopic (exact) mass is 337 g/mol. The molecule has 0 spiro atoms. The minimum Gasteiger partial charge on any atom is -0.295 e. The van der Waals surface area contributed by atoms with Crippen LogP contribution in [-0.2, 0) is 0 Å². The van der Waals surface area contributed by atoms with Gasteiger partial charge in [-0.3, -0.25) is 14.9 Å². The molecular weight excluding hydrogens is 317 g/mol. The van der Waals surface area contributed by atoms with Gasteiger partial charge in [0, 0.05) is 5.69 Å². The Morgan fingerprint density at radius 2 is 1.76 bits per heavy atom. The summed E-state index contributed by atoms with van der Waals surface area (Å²) in [7, 11) is 0. The van der Waals surface area contributed by atoms with Gasteiger partial charge in [0.1, 0.15) is 5.82 Å². The SMILES string of the molecule is CC(=Nc1ccc(C)cc1C)c1c(C)[nH]n(-c2ccc(F)cc2)c1=O. The van der Waals surface area contributed by atoms with E-state index in [0.29, 0.717) is 17.0 Å². The molecule has 4 nitrogen and oxygen atoms in total. The molecule has 0 saturated carbocycles. The van der Waals surface area contributed by atoms with Crippen molar-refractivity contribution >= 4 is 11.4 Å². The number of halogens is 1. The second kappa shape index (κ2) is 6.51. The molecule has 0 aliphatic carbocycles. The number of hydrogen-bond acceptors (Lipinski definition) is 2. The van der Waals surface area contributed by atoms with Crippen molar-refractivity contribution in [2.24, 2.45) is 4.99 Å². The number of aryl methyl sites for hydroxylation is 3. The summed E-state index contributed by atoms with van der Waals surface area (Å²) >= 11 is 0. The van der Waals surface area contributed by atoms with Gasteiger partial charge in [-0.15, -0.1) is 0 Å². The number of hydrogen-bond donors (Lipinski definition) is 1. The highest BCUT2D eigenvalue weighted by Crippen LogP contribution is 2.21. The van der Waals surface area contributed by atoms with E-state index >= 15 is 0 Å². The lowest BCUT2D eigenvalue weighted by Crippen LogP contribution is -2.19. The molecule has 1 N–H and O–H groups in total. The average Bonchev–Trinajstić information content (AvgIpc) is 2.85. The average molecular weight is 337 g/mol. The molecular formula is C20H20FN3O. The molecule has 0 fully saturated rings. The van der Waals surface area contributed by atoms with Gasteiger partial charge in [-0.05, 0) is 63.6 Å². The first-order valence-electron chi connectivity index (χ1n) is 8.07. The van der Waals surface area contributed by atoms with Crippen LogP contribution in [0.5, 0.6) is 0 Å². The van der Waals surface area contributed by atoms with E-state index in [1.165, 1.54) is 22.4 Å². The highest BCUT2D eigenvalue weighted by molar-refractivity contribution is 6.01. The molecule has 0 radical (unpaired) electrons. The van der Waals surface area contributed by atoms with Gasteiger partial charge in [-0.25, -0.2) is 9.07 Å². The minimum atomic E-state index is -0.340. The van der Waals surface area contributed by atoms with Crippen LogP contribution < -0.4 is 5.56 Å². The van der Waals surface area contributed by atoms with E-state index in [1.807, 2.05) is 39.8 Å². The maximum atomic E-state index is 13.1. The zero-order chi connectivity index (χ0) is 18.1. The van der Waals surface area contributed by atoms with Gasteiger partial charge in [0.05, 0.1) is 22.6 Å². The summed E-state index contributed by atoms with van der Waals surface area (Å²) in [5, 5.41) is 3.04. The van der Waals surface area contributed by atoms with Gasteiger partial charge >= 0.3 is 0 Å². The van der Waals surface area contributed by atoms with Gasteiger partial charge in [0.25, 0.3) is 5.56 Å². The number of rotatable bonds is 3. The van der Waals surface area contributed by atoms with E-state index in [-0.39, 0.29) is 11.4 Å². The van der Waals surface area contributed by atoms with Crippen LogP contribution in [0.1, 0.15) is 29.3 Å². The van der Waals surface area contributed by atoms with Crippen LogP contribution in [0.4, 0.5) is 10.1 Å². The quantitative estimate of drug-likeness (QED) is 0.709. The van der Waals surface area contributed by atoms with E-state index in [9.17, 15) is 9.18 Å². The lowest BCUT2D eigenvalue weighted by Gasteiger charge is -2.03. The van der Waals surface area contributed by atoms with Crippen LogP contribution in [-0.4, -0.2) is 15.5 Å². The fourth-order valence-electron chi connectivity index (χ4n) is 2.91. The maximum absolute atomic E-state index is 13.1. The molecule has 3 rings (SSSR count). The second-order valence-corrected chi connectivity index (χ2v) is 6.22. The Balaban J connectivity index is 2.07. The number of aromatic amines is 1. The minimum absolute atomic E-state index is 0.199. The van der Waals surface area contributed by atoms with Gasteiger partial charge in [0.2, 0.25) is 0 Å². The maximum Gasteiger partial charge on any atom is 0.280 e. The Morgan fingerprint density at radius 1 is 1.08 bits per heavy atom. The van der Waals surface area contributed by atoms with Gasteiger partial charge < -0.3 is 0 Å². The summed E-state index contributed by atoms with van der Waals surface area (Å²) < 4.78 is 14.5. The Labute approximate surface area is 145 Å². The Hall–Kier alpha value is -2.95. The molecule has 0 bridgehead atoms. The van der Waals surface area contributed by atoms with E-state index in [4.69, 9.17) is 0 Å². The standard InChI is InChI=1S/C20H20FN3O/c1-12-5-10-18(13(2)11-12)22-14(3)19-15(4)23-24(20(19)25)17-8-6-16(21)7-9-17/h5-11,23H,1-4H3. The summed E-state index contributed by atoms with van der Waals surface area (Å²) in [5.41, 5.74) is 5.36. The van der Waals surface area contributed by atoms with Crippen molar-refractivity contribution in [3.8, 4) is 5.69 Å². The smallest absolute Gasteiger partial charge is 0.280 e. The van der Waals surface area contributed by atoms with Gasteiger partial charge in [0.15, 0.2) is 0 Å². The number of benzene rings is 2. The molecule has 1 heterocycles. The molecule has 3 aromatic rings. The van der Waals surface area contributed by atoms with Crippen molar-refractivity contribution in [3.05, 3.63) is 81.0 Å². The zero-order valence-corrected chi connectivity index (χ0v) is 14.7. The second-order valence-electron chi connectivity index (χ2n) is 6.22. The third kappa shape index (κ3) is 3.31. The molecule has 0 amide bonds. The molecule has 0 aliphatic rings. The van der Waals surface area contributed by atoms with Gasteiger partial charge in [-0.2, -0.15) is 0 Å². The molecule has 25 heavy (non-hydrogen) atoms. The van der Waals surface area contributed by atoms with Crippen molar-refractivity contribution in [2.75, 3.05) is 0 Å². The highest BCUT2D eigenvalue weighted by Gasteiger charge is 2.15. The topological polar surface area (TPSA) is 50.1 Å². The third-order valence-electron chi connectivity index (χ3n) is 4.16. The molecule has 0 atom stereocenters. The van der Waals surface area contributed by atoms with Crippen molar-refractivity contribution in [3.63, 3.8) is 0 Å². The van der Waals surface area contributed by atoms with E-state index in [2.05, 4.69) is 16.2 Å². The zero-order valence-electron chi connectivity index (χ0n) is 14.7. The number of aliphatic imine (C=N–C) groups is 1. The van der Waals surface area contributed by atoms with Crippen LogP contribution in [0.2, 0.25) is 0 Å². The predicted molar refractivity (Wildman–Crippen MR) is 98.9 cm³/mol. The van der Waals surface area contributed by atoms with Crippen molar-refractivity contribution in [1.82, 2.24) is 9.78 Å². The molecule has 0 aliphatic heterocycles. The van der Waals surface area contributed by atoms with Crippen LogP contribution in [0.15, 0.2) is 52.3 Å². The lowest BCUT2D eigenvalue weighted by molar-refractivity contribution is 0.627. The molecule has 0 saturated heterocycles. The van der Waals surface area contributed by atoms with Gasteiger partial charge in [-0.1, -0.05) is 17.7 Å². The number of nitrogens with one attached hydrogen (secondary N) is 1. The fourth-order valence-corrected chi connectivity index (χ4v) is 2.91. The first-order valence-corrected chi connectivity index (χ1v) is 8.07. The fraction of sp³-hybridized carbons (Fsp3) is 0.200. The van der Waals surface area contributed by atoms with Crippen molar-refractivity contribution in [2.45, 2.75) is 27.7 Å². The predicted octanol–water partition coefficient (Wildman–Crippen LogP) is 4.37. The number of nitrogens with zero attached hydrogens (tertiary/aromatic N) is 2. The Bertz CT molecular complexity index is 1010. The van der Waals surface area contributed by atoms with Crippen LogP contribution in [0, 0.1) is 26.6 Å². The van der Waals surface area contributed by atoms with Crippen LogP contribution in [0.3, 0.4) is 0 Å². The molecule has 1 aromatic heterocycles. The van der Waals surface area contributed by atoms with Crippen LogP contribution in [0.25, 0.3) is 5.69 Å². The van der Waals surface area contributed by atoms with Crippen molar-refractivity contribution in [1.29, 1.82) is 0 Å². The largest absolute Gasteiger partial charge is 0.295 e. The summed E-state index contributed by atoms with van der Waals surface area (Å²) in [6, 6.07) is 11.8. The number of H-pyrrole nitrogens is 1. The number of aromatic nitrogens is 2. The van der Waals surface area contributed by atoms with E-state index < -0.39 is 0 Å². The summed E-state index contributed by atoms with van der Waals surface area (Å²) in [4.78, 5) is 17.4. The molecule has 0 unspecified atom stereocenters. The highest BCUT2D eigenvalue weighted by atomic mass is 19.1. The van der Waals surface area contributed by atoms with Crippen LogP contribution >= 0.6 is 0 Å². The Morgan fingerprint density at radius 3 is 2.40 bits per heavy atom. The molecule has 5 heteroatoms. The summed E-state index contributed by atoms with van der Waals surface area (Å²) in [6.07, 6.45) is 0. The lowest BCUT2D eigenvalue weighted by atomic mass is 10.1. The first kappa shape index (κ1) is 16.9. The third-order valence-corrected chi connectivity index (χ3v) is 4.16. The van der Waals surface area contributed by atoms with E-state index in [1.54, 1.807) is 12.1 Å². The first-order chi connectivity index (χ1) is 11.9. The summed E-state index contributed by atoms with van der Waals surface area (Å²) in [5.74, 6) is -0.340. The summed E-state index contributed by atoms with van der Waals surface area (Å²) in [6.45, 7) is 7.69. The Kier molecular flexibility index (Phi) is 4.40. The molecule has 2 aromatic carbocycles.